The van der Waals surface area contributed by atoms with Gasteiger partial charge in [0, 0.05) is 6.92 Å². The predicted molar refractivity (Wildman–Crippen MR) is 130 cm³/mol. The molecule has 3 nitrogen and oxygen atoms in total. The van der Waals surface area contributed by atoms with Crippen molar-refractivity contribution >= 4 is 5.97 Å². The van der Waals surface area contributed by atoms with E-state index in [0.717, 1.165) is 43.4 Å². The summed E-state index contributed by atoms with van der Waals surface area (Å²) >= 11 is 0. The van der Waals surface area contributed by atoms with Crippen LogP contribution in [0.3, 0.4) is 0 Å². The van der Waals surface area contributed by atoms with Gasteiger partial charge >= 0.3 is 5.97 Å². The molecule has 0 aromatic carbocycles. The average molecular weight is 447 g/mol. The number of hydrogen-bond donors (Lipinski definition) is 1. The van der Waals surface area contributed by atoms with Crippen LogP contribution >= 0.6 is 0 Å². The molecule has 0 bridgehead atoms. The number of aliphatic hydroxyl groups excluding tert-OH is 1. The SMILES string of the molecule is CC(=O)O[C@@H]1CC[C@@]2(C)[C@H](C1)C[C@H](O)[C@@H]1[C@H]3CC[C@H]([C@H](C)CCCC(C)C)[C@]3(C)CC[C@H]12. The van der Waals surface area contributed by atoms with Crippen molar-refractivity contribution in [3.8, 4) is 0 Å². The quantitative estimate of drug-likeness (QED) is 0.446. The summed E-state index contributed by atoms with van der Waals surface area (Å²) in [6.45, 7) is 13.9. The van der Waals surface area contributed by atoms with Crippen LogP contribution in [0.5, 0.6) is 0 Å². The molecule has 0 saturated heterocycles. The van der Waals surface area contributed by atoms with Gasteiger partial charge in [-0.1, -0.05) is 53.9 Å². The minimum Gasteiger partial charge on any atom is -0.463 e. The molecular formula is C29H50O3. The number of ether oxygens (including phenoxy) is 1. The highest BCUT2D eigenvalue weighted by Gasteiger charge is 2.63. The molecule has 10 atom stereocenters. The van der Waals surface area contributed by atoms with Gasteiger partial charge in [-0.2, -0.15) is 0 Å². The molecule has 4 fully saturated rings. The van der Waals surface area contributed by atoms with E-state index in [4.69, 9.17) is 4.74 Å². The van der Waals surface area contributed by atoms with Crippen LogP contribution in [0.25, 0.3) is 0 Å². The Morgan fingerprint density at radius 1 is 0.969 bits per heavy atom. The molecule has 4 saturated carbocycles. The lowest BCUT2D eigenvalue weighted by atomic mass is 9.43. The highest BCUT2D eigenvalue weighted by atomic mass is 16.5. The van der Waals surface area contributed by atoms with Crippen molar-refractivity contribution in [3.63, 3.8) is 0 Å². The van der Waals surface area contributed by atoms with Crippen molar-refractivity contribution in [3.05, 3.63) is 0 Å². The molecule has 184 valence electrons. The lowest BCUT2D eigenvalue weighted by Gasteiger charge is -2.62. The van der Waals surface area contributed by atoms with Crippen LogP contribution < -0.4 is 0 Å². The second-order valence-corrected chi connectivity index (χ2v) is 13.3. The van der Waals surface area contributed by atoms with Gasteiger partial charge in [-0.05, 0) is 104 Å². The minimum atomic E-state index is -0.172. The van der Waals surface area contributed by atoms with Gasteiger partial charge in [-0.3, -0.25) is 4.79 Å². The molecule has 0 unspecified atom stereocenters. The van der Waals surface area contributed by atoms with Gasteiger partial charge in [0.15, 0.2) is 0 Å². The summed E-state index contributed by atoms with van der Waals surface area (Å²) in [7, 11) is 0. The molecule has 0 heterocycles. The van der Waals surface area contributed by atoms with E-state index >= 15 is 0 Å². The van der Waals surface area contributed by atoms with E-state index in [1.54, 1.807) is 0 Å². The first-order valence-corrected chi connectivity index (χ1v) is 13.9. The molecule has 4 rings (SSSR count). The van der Waals surface area contributed by atoms with Gasteiger partial charge in [-0.25, -0.2) is 0 Å². The molecule has 0 spiro atoms. The zero-order valence-corrected chi connectivity index (χ0v) is 21.7. The summed E-state index contributed by atoms with van der Waals surface area (Å²) in [5.74, 6) is 4.61. The van der Waals surface area contributed by atoms with E-state index in [0.29, 0.717) is 34.5 Å². The molecule has 0 aromatic rings. The largest absolute Gasteiger partial charge is 0.463 e. The number of aliphatic hydroxyl groups is 1. The number of rotatable bonds is 6. The smallest absolute Gasteiger partial charge is 0.302 e. The topological polar surface area (TPSA) is 46.5 Å². The molecule has 4 aliphatic carbocycles. The molecular weight excluding hydrogens is 396 g/mol. The third-order valence-corrected chi connectivity index (χ3v) is 11.2. The second-order valence-electron chi connectivity index (χ2n) is 13.3. The van der Waals surface area contributed by atoms with Gasteiger partial charge in [-0.15, -0.1) is 0 Å². The predicted octanol–water partition coefficient (Wildman–Crippen LogP) is 7.01. The van der Waals surface area contributed by atoms with Crippen LogP contribution in [0, 0.1) is 52.3 Å². The summed E-state index contributed by atoms with van der Waals surface area (Å²) in [5, 5.41) is 11.5. The maximum atomic E-state index is 11.5. The van der Waals surface area contributed by atoms with Crippen LogP contribution in [-0.4, -0.2) is 23.3 Å². The zero-order valence-electron chi connectivity index (χ0n) is 21.7. The Bertz CT molecular complexity index is 673. The first-order valence-electron chi connectivity index (χ1n) is 13.9. The van der Waals surface area contributed by atoms with Gasteiger partial charge in [0.25, 0.3) is 0 Å². The number of hydrogen-bond acceptors (Lipinski definition) is 3. The Morgan fingerprint density at radius 3 is 2.34 bits per heavy atom. The summed E-state index contributed by atoms with van der Waals surface area (Å²) < 4.78 is 5.61. The molecule has 4 aliphatic rings. The zero-order chi connectivity index (χ0) is 23.3. The van der Waals surface area contributed by atoms with Crippen molar-refractivity contribution in [1.29, 1.82) is 0 Å². The van der Waals surface area contributed by atoms with Gasteiger partial charge < -0.3 is 9.84 Å². The van der Waals surface area contributed by atoms with Crippen molar-refractivity contribution in [1.82, 2.24) is 0 Å². The third kappa shape index (κ3) is 4.29. The fraction of sp³-hybridized carbons (Fsp3) is 0.966. The first-order chi connectivity index (χ1) is 15.1. The van der Waals surface area contributed by atoms with Gasteiger partial charge in [0.05, 0.1) is 6.10 Å². The van der Waals surface area contributed by atoms with E-state index in [1.807, 2.05) is 0 Å². The Balaban J connectivity index is 1.48. The van der Waals surface area contributed by atoms with E-state index in [9.17, 15) is 9.90 Å². The normalized spacial score (nSPS) is 46.8. The monoisotopic (exact) mass is 446 g/mol. The standard InChI is InChI=1S/C29H50O3/c1-18(2)8-7-9-19(3)23-10-11-24-27-25(13-15-29(23,24)6)28(5)14-12-22(32-20(4)30)16-21(28)17-26(27)31/h18-19,21-27,31H,7-17H2,1-6H3/t19-,21-,22-,23-,24-,25-,26+,27-,28+,29+/m1/s1. The number of esters is 1. The maximum absolute atomic E-state index is 11.5. The molecule has 0 aliphatic heterocycles. The summed E-state index contributed by atoms with van der Waals surface area (Å²) in [5.41, 5.74) is 0.723. The average Bonchev–Trinajstić information content (AvgIpc) is 3.05. The number of fused-ring (bicyclic) bond motifs is 5. The Labute approximate surface area is 197 Å². The summed E-state index contributed by atoms with van der Waals surface area (Å²) in [6.07, 6.45) is 13.3. The van der Waals surface area contributed by atoms with Crippen molar-refractivity contribution in [2.24, 2.45) is 52.3 Å². The van der Waals surface area contributed by atoms with E-state index < -0.39 is 0 Å². The lowest BCUT2D eigenvalue weighted by molar-refractivity contribution is -0.182. The second kappa shape index (κ2) is 9.23. The van der Waals surface area contributed by atoms with Gasteiger partial charge in [0.2, 0.25) is 0 Å². The fourth-order valence-electron chi connectivity index (χ4n) is 9.55. The molecule has 0 radical (unpaired) electrons. The van der Waals surface area contributed by atoms with E-state index in [1.165, 1.54) is 51.9 Å². The van der Waals surface area contributed by atoms with Crippen molar-refractivity contribution < 1.29 is 14.6 Å². The Morgan fingerprint density at radius 2 is 1.66 bits per heavy atom. The van der Waals surface area contributed by atoms with Crippen molar-refractivity contribution in [2.75, 3.05) is 0 Å². The van der Waals surface area contributed by atoms with Gasteiger partial charge in [0.1, 0.15) is 6.10 Å². The van der Waals surface area contributed by atoms with Crippen LogP contribution in [0.1, 0.15) is 112 Å². The van der Waals surface area contributed by atoms with E-state index in [2.05, 4.69) is 34.6 Å². The molecule has 0 amide bonds. The van der Waals surface area contributed by atoms with Crippen LogP contribution in [-0.2, 0) is 9.53 Å². The van der Waals surface area contributed by atoms with Crippen LogP contribution in [0.15, 0.2) is 0 Å². The highest BCUT2D eigenvalue weighted by molar-refractivity contribution is 5.66. The highest BCUT2D eigenvalue weighted by Crippen LogP contribution is 2.68. The lowest BCUT2D eigenvalue weighted by Crippen LogP contribution is -2.58. The molecule has 1 N–H and O–H groups in total. The Hall–Kier alpha value is -0.570. The molecule has 0 aromatic heterocycles. The summed E-state index contributed by atoms with van der Waals surface area (Å²) in [4.78, 5) is 11.5. The fourth-order valence-corrected chi connectivity index (χ4v) is 9.55. The molecule has 32 heavy (non-hydrogen) atoms. The molecule has 3 heteroatoms. The summed E-state index contributed by atoms with van der Waals surface area (Å²) in [6, 6.07) is 0. The number of carbonyl (C=O) groups excluding carboxylic acids is 1. The van der Waals surface area contributed by atoms with E-state index in [-0.39, 0.29) is 18.2 Å². The number of carbonyl (C=O) groups is 1. The maximum Gasteiger partial charge on any atom is 0.302 e. The van der Waals surface area contributed by atoms with Crippen LogP contribution in [0.2, 0.25) is 0 Å². The van der Waals surface area contributed by atoms with Crippen molar-refractivity contribution in [2.45, 2.75) is 124 Å². The minimum absolute atomic E-state index is 0.0609. The first kappa shape index (κ1) is 24.6. The Kier molecular flexibility index (Phi) is 7.08. The third-order valence-electron chi connectivity index (χ3n) is 11.2. The van der Waals surface area contributed by atoms with Crippen LogP contribution in [0.4, 0.5) is 0 Å².